The normalized spacial score (nSPS) is 12.5. The Kier molecular flexibility index (Phi) is 3.96. The molecule has 6 heteroatoms. The van der Waals surface area contributed by atoms with Crippen LogP contribution < -0.4 is 5.32 Å². The highest BCUT2D eigenvalue weighted by Gasteiger charge is 2.14. The molecule has 3 aromatic rings. The molecule has 0 aliphatic rings. The first-order valence-corrected chi connectivity index (χ1v) is 7.61. The summed E-state index contributed by atoms with van der Waals surface area (Å²) in [5.74, 6) is -0.290. The second-order valence-corrected chi connectivity index (χ2v) is 6.20. The van der Waals surface area contributed by atoms with E-state index in [0.717, 1.165) is 15.0 Å². The molecular weight excluding hydrogens is 308 g/mol. The minimum Gasteiger partial charge on any atom is -0.386 e. The summed E-state index contributed by atoms with van der Waals surface area (Å²) >= 11 is 7.28. The lowest BCUT2D eigenvalue weighted by Crippen LogP contribution is -2.28. The maximum Gasteiger partial charge on any atom is 0.267 e. The van der Waals surface area contributed by atoms with Crippen molar-refractivity contribution in [2.75, 3.05) is 6.54 Å². The molecule has 0 aliphatic carbocycles. The molecule has 21 heavy (non-hydrogen) atoms. The third kappa shape index (κ3) is 3.10. The molecule has 0 unspecified atom stereocenters. The number of aliphatic hydroxyl groups is 1. The van der Waals surface area contributed by atoms with Gasteiger partial charge in [0.2, 0.25) is 0 Å². The van der Waals surface area contributed by atoms with E-state index in [1.54, 1.807) is 12.3 Å². The van der Waals surface area contributed by atoms with E-state index in [1.807, 2.05) is 30.3 Å². The van der Waals surface area contributed by atoms with Gasteiger partial charge in [-0.2, -0.15) is 0 Å². The van der Waals surface area contributed by atoms with Gasteiger partial charge < -0.3 is 15.4 Å². The van der Waals surface area contributed by atoms with Crippen molar-refractivity contribution in [1.82, 2.24) is 10.3 Å². The largest absolute Gasteiger partial charge is 0.386 e. The van der Waals surface area contributed by atoms with Crippen molar-refractivity contribution in [3.8, 4) is 0 Å². The van der Waals surface area contributed by atoms with Gasteiger partial charge in [-0.1, -0.05) is 29.8 Å². The molecule has 1 atom stereocenters. The van der Waals surface area contributed by atoms with Gasteiger partial charge in [0.15, 0.2) is 0 Å². The number of aromatic nitrogens is 1. The number of fused-ring (bicyclic) bond motifs is 1. The molecule has 3 rings (SSSR count). The number of rotatable bonds is 4. The molecule has 0 saturated heterocycles. The smallest absolute Gasteiger partial charge is 0.267 e. The Balaban J connectivity index is 1.66. The Morgan fingerprint density at radius 1 is 1.38 bits per heavy atom. The third-order valence-electron chi connectivity index (χ3n) is 3.12. The van der Waals surface area contributed by atoms with Crippen molar-refractivity contribution < 1.29 is 9.90 Å². The van der Waals surface area contributed by atoms with Gasteiger partial charge in [0.1, 0.15) is 11.8 Å². The topological polar surface area (TPSA) is 65.1 Å². The fraction of sp³-hybridized carbons (Fsp3) is 0.133. The zero-order chi connectivity index (χ0) is 14.8. The second kappa shape index (κ2) is 5.89. The average Bonchev–Trinajstić information content (AvgIpc) is 3.10. The lowest BCUT2D eigenvalue weighted by molar-refractivity contribution is 0.0913. The highest BCUT2D eigenvalue weighted by Crippen LogP contribution is 2.29. The van der Waals surface area contributed by atoms with E-state index in [2.05, 4.69) is 10.3 Å². The predicted octanol–water partition coefficient (Wildman–Crippen LogP) is 3.35. The van der Waals surface area contributed by atoms with Crippen LogP contribution in [-0.2, 0) is 0 Å². The molecule has 1 amide bonds. The van der Waals surface area contributed by atoms with Crippen LogP contribution in [-0.4, -0.2) is 22.5 Å². The molecule has 0 radical (unpaired) electrons. The number of carbonyl (C=O) groups is 1. The van der Waals surface area contributed by atoms with Gasteiger partial charge in [-0.3, -0.25) is 4.79 Å². The maximum absolute atomic E-state index is 11.9. The summed E-state index contributed by atoms with van der Waals surface area (Å²) in [5.41, 5.74) is 0.378. The van der Waals surface area contributed by atoms with E-state index in [-0.39, 0.29) is 12.5 Å². The minimum atomic E-state index is -0.725. The van der Waals surface area contributed by atoms with Gasteiger partial charge >= 0.3 is 0 Å². The van der Waals surface area contributed by atoms with Crippen LogP contribution in [0.3, 0.4) is 0 Å². The van der Waals surface area contributed by atoms with Gasteiger partial charge in [-0.15, -0.1) is 11.3 Å². The molecule has 4 nitrogen and oxygen atoms in total. The van der Waals surface area contributed by atoms with Gasteiger partial charge in [0.05, 0.1) is 5.02 Å². The van der Waals surface area contributed by atoms with Crippen molar-refractivity contribution in [3.05, 3.63) is 58.2 Å². The van der Waals surface area contributed by atoms with Gasteiger partial charge in [-0.05, 0) is 23.6 Å². The zero-order valence-corrected chi connectivity index (χ0v) is 12.5. The van der Waals surface area contributed by atoms with Crippen molar-refractivity contribution in [3.63, 3.8) is 0 Å². The average molecular weight is 321 g/mol. The first kappa shape index (κ1) is 14.1. The third-order valence-corrected chi connectivity index (χ3v) is 4.56. The molecule has 3 N–H and O–H groups in total. The molecule has 0 spiro atoms. The number of halogens is 1. The molecular formula is C15H13ClN2O2S. The Bertz CT molecular complexity index is 748. The van der Waals surface area contributed by atoms with Gasteiger partial charge in [-0.25, -0.2) is 0 Å². The number of aliphatic hydroxyl groups excluding tert-OH is 1. The predicted molar refractivity (Wildman–Crippen MR) is 84.9 cm³/mol. The van der Waals surface area contributed by atoms with Crippen LogP contribution in [0, 0.1) is 0 Å². The molecule has 2 aromatic heterocycles. The standard InChI is InChI=1S/C15H13ClN2O2S/c16-10-6-11(17-7-10)15(20)18-8-12(19)14-5-9-3-1-2-4-13(9)21-14/h1-7,12,17,19H,8H2,(H,18,20)/t12-/m0/s1. The zero-order valence-electron chi connectivity index (χ0n) is 11.0. The van der Waals surface area contributed by atoms with Crippen molar-refractivity contribution in [1.29, 1.82) is 0 Å². The van der Waals surface area contributed by atoms with E-state index in [1.165, 1.54) is 11.3 Å². The van der Waals surface area contributed by atoms with E-state index >= 15 is 0 Å². The van der Waals surface area contributed by atoms with Gasteiger partial charge in [0.25, 0.3) is 5.91 Å². The van der Waals surface area contributed by atoms with Crippen LogP contribution in [0.25, 0.3) is 10.1 Å². The van der Waals surface area contributed by atoms with Crippen molar-refractivity contribution >= 4 is 38.9 Å². The van der Waals surface area contributed by atoms with E-state index < -0.39 is 6.10 Å². The number of hydrogen-bond donors (Lipinski definition) is 3. The Labute approximate surface area is 130 Å². The second-order valence-electron chi connectivity index (χ2n) is 4.64. The van der Waals surface area contributed by atoms with Crippen LogP contribution in [0.15, 0.2) is 42.6 Å². The van der Waals surface area contributed by atoms with Crippen LogP contribution in [0.5, 0.6) is 0 Å². The number of nitrogens with one attached hydrogen (secondary N) is 2. The fourth-order valence-electron chi connectivity index (χ4n) is 2.05. The molecule has 0 fully saturated rings. The lowest BCUT2D eigenvalue weighted by Gasteiger charge is -2.09. The molecule has 0 saturated carbocycles. The molecule has 108 valence electrons. The minimum absolute atomic E-state index is 0.155. The number of amides is 1. The number of hydrogen-bond acceptors (Lipinski definition) is 3. The fourth-order valence-corrected chi connectivity index (χ4v) is 3.27. The summed E-state index contributed by atoms with van der Waals surface area (Å²) in [7, 11) is 0. The molecule has 0 bridgehead atoms. The molecule has 1 aromatic carbocycles. The van der Waals surface area contributed by atoms with E-state index in [0.29, 0.717) is 10.7 Å². The van der Waals surface area contributed by atoms with E-state index in [4.69, 9.17) is 11.6 Å². The van der Waals surface area contributed by atoms with Gasteiger partial charge in [0, 0.05) is 22.3 Å². The number of carbonyl (C=O) groups excluding carboxylic acids is 1. The summed E-state index contributed by atoms with van der Waals surface area (Å²) in [6.45, 7) is 0.155. The summed E-state index contributed by atoms with van der Waals surface area (Å²) in [6.07, 6.45) is 0.815. The first-order valence-electron chi connectivity index (χ1n) is 6.42. The lowest BCUT2D eigenvalue weighted by atomic mass is 10.2. The summed E-state index contributed by atoms with van der Waals surface area (Å²) in [4.78, 5) is 15.5. The van der Waals surface area contributed by atoms with Crippen LogP contribution in [0.1, 0.15) is 21.5 Å². The molecule has 2 heterocycles. The monoisotopic (exact) mass is 320 g/mol. The van der Waals surface area contributed by atoms with Crippen LogP contribution in [0.4, 0.5) is 0 Å². The van der Waals surface area contributed by atoms with E-state index in [9.17, 15) is 9.90 Å². The Hall–Kier alpha value is -1.82. The quantitative estimate of drug-likeness (QED) is 0.690. The van der Waals surface area contributed by atoms with Crippen molar-refractivity contribution in [2.45, 2.75) is 6.10 Å². The van der Waals surface area contributed by atoms with Crippen LogP contribution >= 0.6 is 22.9 Å². The molecule has 0 aliphatic heterocycles. The Morgan fingerprint density at radius 2 is 2.19 bits per heavy atom. The summed E-state index contributed by atoms with van der Waals surface area (Å²) in [6, 6.07) is 11.4. The van der Waals surface area contributed by atoms with Crippen molar-refractivity contribution in [2.24, 2.45) is 0 Å². The Morgan fingerprint density at radius 3 is 2.90 bits per heavy atom. The number of benzene rings is 1. The first-order chi connectivity index (χ1) is 10.1. The van der Waals surface area contributed by atoms with Crippen LogP contribution in [0.2, 0.25) is 5.02 Å². The highest BCUT2D eigenvalue weighted by molar-refractivity contribution is 7.19. The number of aromatic amines is 1. The number of H-pyrrole nitrogens is 1. The SMILES string of the molecule is O=C(NC[C@H](O)c1cc2ccccc2s1)c1cc(Cl)c[nH]1. The summed E-state index contributed by atoms with van der Waals surface area (Å²) in [5, 5.41) is 14.4. The highest BCUT2D eigenvalue weighted by atomic mass is 35.5. The number of thiophene rings is 1. The maximum atomic E-state index is 11.9. The summed E-state index contributed by atoms with van der Waals surface area (Å²) < 4.78 is 1.12.